The van der Waals surface area contributed by atoms with Crippen molar-refractivity contribution in [1.82, 2.24) is 5.32 Å². The highest BCUT2D eigenvalue weighted by Crippen LogP contribution is 2.25. The van der Waals surface area contributed by atoms with Gasteiger partial charge < -0.3 is 15.4 Å². The summed E-state index contributed by atoms with van der Waals surface area (Å²) >= 11 is 5.98. The highest BCUT2D eigenvalue weighted by Gasteiger charge is 2.18. The Labute approximate surface area is 128 Å². The molecule has 2 N–H and O–H groups in total. The van der Waals surface area contributed by atoms with Crippen LogP contribution in [0.3, 0.4) is 0 Å². The fourth-order valence-electron chi connectivity index (χ4n) is 1.99. The van der Waals surface area contributed by atoms with Crippen molar-refractivity contribution in [2.75, 3.05) is 31.3 Å². The molecule has 8 heteroatoms. The van der Waals surface area contributed by atoms with Gasteiger partial charge in [0, 0.05) is 19.3 Å². The van der Waals surface area contributed by atoms with E-state index >= 15 is 0 Å². The van der Waals surface area contributed by atoms with E-state index in [1.54, 1.807) is 0 Å². The van der Waals surface area contributed by atoms with Gasteiger partial charge in [0.1, 0.15) is 0 Å². The molecule has 1 amide bonds. The summed E-state index contributed by atoms with van der Waals surface area (Å²) in [6.07, 6.45) is 1.10. The number of sulfone groups is 1. The molecule has 1 aliphatic rings. The molecule has 1 atom stereocenters. The van der Waals surface area contributed by atoms with Crippen molar-refractivity contribution >= 4 is 33.0 Å². The maximum absolute atomic E-state index is 12.0. The Balaban J connectivity index is 2.06. The maximum atomic E-state index is 12.0. The summed E-state index contributed by atoms with van der Waals surface area (Å²) < 4.78 is 28.5. The van der Waals surface area contributed by atoms with Gasteiger partial charge in [0.15, 0.2) is 9.84 Å². The second kappa shape index (κ2) is 6.74. The lowest BCUT2D eigenvalue weighted by molar-refractivity contribution is -0.119. The van der Waals surface area contributed by atoms with Crippen LogP contribution in [0.15, 0.2) is 23.1 Å². The third-order valence-electron chi connectivity index (χ3n) is 3.06. The van der Waals surface area contributed by atoms with Crippen molar-refractivity contribution in [3.8, 4) is 0 Å². The van der Waals surface area contributed by atoms with Crippen LogP contribution in [0.2, 0.25) is 5.02 Å². The second-order valence-electron chi connectivity index (χ2n) is 4.86. The van der Waals surface area contributed by atoms with Crippen molar-refractivity contribution in [1.29, 1.82) is 0 Å². The number of rotatable bonds is 4. The molecule has 1 saturated heterocycles. The van der Waals surface area contributed by atoms with Crippen LogP contribution in [0.25, 0.3) is 0 Å². The predicted octanol–water partition coefficient (Wildman–Crippen LogP) is 1.06. The van der Waals surface area contributed by atoms with Crippen LogP contribution in [0.4, 0.5) is 5.69 Å². The average Bonchev–Trinajstić information content (AvgIpc) is 2.41. The van der Waals surface area contributed by atoms with E-state index in [0.29, 0.717) is 18.2 Å². The summed E-state index contributed by atoms with van der Waals surface area (Å²) in [5.74, 6) is -0.267. The van der Waals surface area contributed by atoms with E-state index in [1.807, 2.05) is 0 Å². The van der Waals surface area contributed by atoms with E-state index in [9.17, 15) is 13.2 Å². The molecule has 2 rings (SSSR count). The van der Waals surface area contributed by atoms with Gasteiger partial charge in [0.25, 0.3) is 0 Å². The molecule has 1 aliphatic heterocycles. The quantitative estimate of drug-likeness (QED) is 0.861. The first-order valence-corrected chi connectivity index (χ1v) is 8.75. The van der Waals surface area contributed by atoms with Gasteiger partial charge >= 0.3 is 0 Å². The van der Waals surface area contributed by atoms with Gasteiger partial charge in [-0.2, -0.15) is 0 Å². The SMILES string of the molecule is CS(=O)(=O)c1ccc(Cl)c(NC(=O)CC2CNCCO2)c1. The van der Waals surface area contributed by atoms with Crippen LogP contribution < -0.4 is 10.6 Å². The Hall–Kier alpha value is -1.15. The van der Waals surface area contributed by atoms with Crippen LogP contribution in [0.5, 0.6) is 0 Å². The van der Waals surface area contributed by atoms with Gasteiger partial charge in [-0.1, -0.05) is 11.6 Å². The summed E-state index contributed by atoms with van der Waals surface area (Å²) in [4.78, 5) is 12.1. The minimum Gasteiger partial charge on any atom is -0.375 e. The van der Waals surface area contributed by atoms with Gasteiger partial charge in [0.2, 0.25) is 5.91 Å². The molecule has 6 nitrogen and oxygen atoms in total. The van der Waals surface area contributed by atoms with Gasteiger partial charge in [-0.15, -0.1) is 0 Å². The summed E-state index contributed by atoms with van der Waals surface area (Å²) in [6.45, 7) is 1.97. The monoisotopic (exact) mass is 332 g/mol. The first kappa shape index (κ1) is 16.2. The van der Waals surface area contributed by atoms with Gasteiger partial charge in [-0.3, -0.25) is 4.79 Å². The average molecular weight is 333 g/mol. The van der Waals surface area contributed by atoms with E-state index in [2.05, 4.69) is 10.6 Å². The van der Waals surface area contributed by atoms with Crippen LogP contribution in [0.1, 0.15) is 6.42 Å². The molecule has 116 valence electrons. The zero-order valence-electron chi connectivity index (χ0n) is 11.6. The van der Waals surface area contributed by atoms with Gasteiger partial charge in [-0.25, -0.2) is 8.42 Å². The van der Waals surface area contributed by atoms with E-state index in [0.717, 1.165) is 12.8 Å². The largest absolute Gasteiger partial charge is 0.375 e. The standard InChI is InChI=1S/C13H17ClN2O4S/c1-21(18,19)10-2-3-11(14)12(7-10)16-13(17)6-9-8-15-4-5-20-9/h2-3,7,9,15H,4-6,8H2,1H3,(H,16,17). The molecule has 0 bridgehead atoms. The molecule has 0 radical (unpaired) electrons. The molecule has 1 unspecified atom stereocenters. The Bertz CT molecular complexity index is 627. The lowest BCUT2D eigenvalue weighted by Crippen LogP contribution is -2.40. The Kier molecular flexibility index (Phi) is 5.21. The van der Waals surface area contributed by atoms with Crippen molar-refractivity contribution in [2.45, 2.75) is 17.4 Å². The van der Waals surface area contributed by atoms with Crippen LogP contribution in [-0.2, 0) is 19.4 Å². The first-order valence-electron chi connectivity index (χ1n) is 6.48. The highest BCUT2D eigenvalue weighted by atomic mass is 35.5. The molecule has 1 aromatic carbocycles. The molecular weight excluding hydrogens is 316 g/mol. The molecular formula is C13H17ClN2O4S. The molecule has 0 spiro atoms. The van der Waals surface area contributed by atoms with Crippen LogP contribution >= 0.6 is 11.6 Å². The number of nitrogens with one attached hydrogen (secondary N) is 2. The van der Waals surface area contributed by atoms with Gasteiger partial charge in [0.05, 0.1) is 34.7 Å². The number of halogens is 1. The highest BCUT2D eigenvalue weighted by molar-refractivity contribution is 7.90. The van der Waals surface area contributed by atoms with E-state index in [4.69, 9.17) is 16.3 Å². The number of amides is 1. The van der Waals surface area contributed by atoms with E-state index in [-0.39, 0.29) is 29.0 Å². The molecule has 0 aliphatic carbocycles. The van der Waals surface area contributed by atoms with Crippen molar-refractivity contribution in [3.05, 3.63) is 23.2 Å². The molecule has 0 aromatic heterocycles. The zero-order chi connectivity index (χ0) is 15.5. The minimum absolute atomic E-state index is 0.109. The first-order chi connectivity index (χ1) is 9.86. The minimum atomic E-state index is -3.35. The summed E-state index contributed by atoms with van der Waals surface area (Å²) in [5.41, 5.74) is 0.286. The number of morpholine rings is 1. The summed E-state index contributed by atoms with van der Waals surface area (Å²) in [6, 6.07) is 4.21. The number of hydrogen-bond acceptors (Lipinski definition) is 5. The summed E-state index contributed by atoms with van der Waals surface area (Å²) in [5, 5.41) is 6.05. The summed E-state index contributed by atoms with van der Waals surface area (Å²) in [7, 11) is -3.35. The third-order valence-corrected chi connectivity index (χ3v) is 4.50. The van der Waals surface area contributed by atoms with Crippen molar-refractivity contribution in [3.63, 3.8) is 0 Å². The molecule has 1 fully saturated rings. The van der Waals surface area contributed by atoms with Gasteiger partial charge in [-0.05, 0) is 18.2 Å². The third kappa shape index (κ3) is 4.67. The maximum Gasteiger partial charge on any atom is 0.227 e. The predicted molar refractivity (Wildman–Crippen MR) is 80.4 cm³/mol. The zero-order valence-corrected chi connectivity index (χ0v) is 13.1. The second-order valence-corrected chi connectivity index (χ2v) is 7.29. The Morgan fingerprint density at radius 3 is 2.90 bits per heavy atom. The smallest absolute Gasteiger partial charge is 0.227 e. The molecule has 1 aromatic rings. The number of anilines is 1. The molecule has 1 heterocycles. The Morgan fingerprint density at radius 1 is 1.52 bits per heavy atom. The van der Waals surface area contributed by atoms with Crippen molar-refractivity contribution < 1.29 is 17.9 Å². The molecule has 21 heavy (non-hydrogen) atoms. The number of ether oxygens (including phenoxy) is 1. The molecule has 0 saturated carbocycles. The number of hydrogen-bond donors (Lipinski definition) is 2. The normalized spacial score (nSPS) is 19.2. The van der Waals surface area contributed by atoms with Crippen LogP contribution in [-0.4, -0.2) is 46.4 Å². The lowest BCUT2D eigenvalue weighted by Gasteiger charge is -2.23. The van der Waals surface area contributed by atoms with Crippen LogP contribution in [0, 0.1) is 0 Å². The fourth-order valence-corrected chi connectivity index (χ4v) is 2.80. The topological polar surface area (TPSA) is 84.5 Å². The number of carbonyl (C=O) groups excluding carboxylic acids is 1. The number of carbonyl (C=O) groups is 1. The number of benzene rings is 1. The Morgan fingerprint density at radius 2 is 2.29 bits per heavy atom. The van der Waals surface area contributed by atoms with E-state index in [1.165, 1.54) is 18.2 Å². The van der Waals surface area contributed by atoms with E-state index < -0.39 is 9.84 Å². The van der Waals surface area contributed by atoms with Crippen molar-refractivity contribution in [2.24, 2.45) is 0 Å². The lowest BCUT2D eigenvalue weighted by atomic mass is 10.2. The fraction of sp³-hybridized carbons (Fsp3) is 0.462.